The summed E-state index contributed by atoms with van der Waals surface area (Å²) >= 11 is 7.46. The maximum absolute atomic E-state index is 11.9. The molecule has 0 saturated heterocycles. The van der Waals surface area contributed by atoms with Gasteiger partial charge in [-0.1, -0.05) is 36.6 Å². The van der Waals surface area contributed by atoms with Gasteiger partial charge in [0.2, 0.25) is 0 Å². The summed E-state index contributed by atoms with van der Waals surface area (Å²) in [5.74, 6) is -0.596. The molecule has 176 valence electrons. The average Bonchev–Trinajstić information content (AvgIpc) is 2.81. The Bertz CT molecular complexity index is 977. The van der Waals surface area contributed by atoms with E-state index in [0.717, 1.165) is 53.4 Å². The minimum absolute atomic E-state index is 0.00667. The van der Waals surface area contributed by atoms with E-state index in [9.17, 15) is 4.79 Å². The van der Waals surface area contributed by atoms with Crippen LogP contribution in [0.15, 0.2) is 69.7 Å². The summed E-state index contributed by atoms with van der Waals surface area (Å²) in [6.07, 6.45) is 5.56. The van der Waals surface area contributed by atoms with Crippen molar-refractivity contribution in [2.24, 2.45) is 22.2 Å². The van der Waals surface area contributed by atoms with E-state index in [1.807, 2.05) is 48.5 Å². The van der Waals surface area contributed by atoms with E-state index in [0.29, 0.717) is 5.70 Å². The number of rotatable bonds is 10. The van der Waals surface area contributed by atoms with Crippen molar-refractivity contribution in [1.29, 1.82) is 0 Å². The second kappa shape index (κ2) is 12.6. The van der Waals surface area contributed by atoms with Crippen LogP contribution < -0.4 is 27.2 Å². The number of nitrogens with two attached hydrogens (primary N) is 3. The van der Waals surface area contributed by atoms with Crippen LogP contribution in [0.25, 0.3) is 0 Å². The molecule has 0 radical (unpaired) electrons. The predicted molar refractivity (Wildman–Crippen MR) is 138 cm³/mol. The van der Waals surface area contributed by atoms with Gasteiger partial charge >= 0.3 is 0 Å². The topological polar surface area (TPSA) is 132 Å². The quantitative estimate of drug-likeness (QED) is 0.198. The summed E-state index contributed by atoms with van der Waals surface area (Å²) in [5.41, 5.74) is 20.4. The number of benzene rings is 2. The number of anilines is 1. The van der Waals surface area contributed by atoms with Crippen molar-refractivity contribution in [2.45, 2.75) is 49.2 Å². The molecule has 33 heavy (non-hydrogen) atoms. The van der Waals surface area contributed by atoms with Gasteiger partial charge in [0.05, 0.1) is 18.2 Å². The summed E-state index contributed by atoms with van der Waals surface area (Å²) < 4.78 is 3.33. The molecule has 0 aliphatic heterocycles. The van der Waals surface area contributed by atoms with Crippen LogP contribution in [0.4, 0.5) is 5.69 Å². The lowest BCUT2D eigenvalue weighted by atomic mass is 9.91. The summed E-state index contributed by atoms with van der Waals surface area (Å²) in [5, 5.41) is 3.95. The fourth-order valence-electron chi connectivity index (χ4n) is 3.54. The lowest BCUT2D eigenvalue weighted by Gasteiger charge is -2.25. The molecular weight excluding hydrogens is 456 g/mol. The maximum Gasteiger partial charge on any atom is 0.252 e. The molecule has 1 aliphatic carbocycles. The molecule has 0 aromatic heterocycles. The summed E-state index contributed by atoms with van der Waals surface area (Å²) in [6, 6.07) is 15.7. The van der Waals surface area contributed by atoms with Crippen molar-refractivity contribution >= 4 is 41.4 Å². The Morgan fingerprint density at radius 1 is 1.09 bits per heavy atom. The first kappa shape index (κ1) is 25.1. The minimum atomic E-state index is -0.596. The van der Waals surface area contributed by atoms with E-state index >= 15 is 0 Å². The number of carbonyl (C=O) groups is 1. The zero-order valence-electron chi connectivity index (χ0n) is 18.5. The monoisotopic (exact) mass is 486 g/mol. The first-order valence-corrected chi connectivity index (χ1v) is 12.2. The predicted octanol–water partition coefficient (Wildman–Crippen LogP) is 3.59. The van der Waals surface area contributed by atoms with Gasteiger partial charge in [0.1, 0.15) is 0 Å². The van der Waals surface area contributed by atoms with Gasteiger partial charge in [0.15, 0.2) is 0 Å². The van der Waals surface area contributed by atoms with Crippen molar-refractivity contribution in [3.63, 3.8) is 0 Å². The molecule has 1 unspecified atom stereocenters. The Labute approximate surface area is 204 Å². The molecule has 1 saturated carbocycles. The van der Waals surface area contributed by atoms with Gasteiger partial charge in [-0.2, -0.15) is 0 Å². The van der Waals surface area contributed by atoms with Crippen LogP contribution in [0, 0.1) is 0 Å². The Balaban J connectivity index is 1.51. The molecule has 2 atom stereocenters. The molecule has 0 spiro atoms. The molecule has 1 aliphatic rings. The number of hydrogen-bond acceptors (Lipinski definition) is 7. The third-order valence-corrected chi connectivity index (χ3v) is 6.55. The fourth-order valence-corrected chi connectivity index (χ4v) is 4.34. The van der Waals surface area contributed by atoms with Gasteiger partial charge in [0.25, 0.3) is 5.91 Å². The zero-order valence-corrected chi connectivity index (χ0v) is 20.0. The van der Waals surface area contributed by atoms with Crippen LogP contribution in [0.5, 0.6) is 0 Å². The maximum atomic E-state index is 11.9. The van der Waals surface area contributed by atoms with E-state index < -0.39 is 5.91 Å². The van der Waals surface area contributed by atoms with Gasteiger partial charge in [-0.15, -0.1) is 0 Å². The van der Waals surface area contributed by atoms with Crippen molar-refractivity contribution in [3.8, 4) is 0 Å². The fraction of sp³-hybridized carbons (Fsp3) is 0.333. The van der Waals surface area contributed by atoms with E-state index in [1.54, 1.807) is 11.9 Å². The summed E-state index contributed by atoms with van der Waals surface area (Å²) in [4.78, 5) is 17.5. The molecule has 8 N–H and O–H groups in total. The molecule has 3 rings (SSSR count). The second-order valence-electron chi connectivity index (χ2n) is 8.02. The minimum Gasteiger partial charge on any atom is -0.400 e. The molecular formula is C24H31ClN6OS. The van der Waals surface area contributed by atoms with E-state index in [2.05, 4.69) is 15.0 Å². The normalized spacial score (nSPS) is 19.3. The van der Waals surface area contributed by atoms with Crippen molar-refractivity contribution in [2.75, 3.05) is 11.9 Å². The van der Waals surface area contributed by atoms with Crippen LogP contribution >= 0.6 is 23.5 Å². The number of aliphatic imine (C=N–C) groups is 1. The number of nitrogens with one attached hydrogen (secondary N) is 2. The summed E-state index contributed by atoms with van der Waals surface area (Å²) in [6.45, 7) is 1.01. The smallest absolute Gasteiger partial charge is 0.252 e. The van der Waals surface area contributed by atoms with Gasteiger partial charge < -0.3 is 22.5 Å². The third-order valence-electron chi connectivity index (χ3n) is 5.50. The average molecular weight is 487 g/mol. The van der Waals surface area contributed by atoms with Crippen molar-refractivity contribution in [1.82, 2.24) is 4.72 Å². The lowest BCUT2D eigenvalue weighted by Crippen LogP contribution is -2.36. The molecule has 7 nitrogen and oxygen atoms in total. The zero-order chi connectivity index (χ0) is 23.6. The Kier molecular flexibility index (Phi) is 9.62. The highest BCUT2D eigenvalue weighted by Crippen LogP contribution is 2.20. The number of primary amides is 1. The molecule has 2 aromatic rings. The Morgan fingerprint density at radius 3 is 2.45 bits per heavy atom. The number of halogens is 1. The first-order valence-electron chi connectivity index (χ1n) is 11.0. The molecule has 1 fully saturated rings. The lowest BCUT2D eigenvalue weighted by molar-refractivity contribution is -0.114. The highest BCUT2D eigenvalue weighted by molar-refractivity contribution is 7.97. The Hall–Kier alpha value is -2.52. The van der Waals surface area contributed by atoms with E-state index in [4.69, 9.17) is 28.8 Å². The van der Waals surface area contributed by atoms with Crippen molar-refractivity contribution < 1.29 is 4.79 Å². The molecule has 9 heteroatoms. The van der Waals surface area contributed by atoms with Crippen LogP contribution in [-0.2, 0) is 11.3 Å². The molecule has 1 amide bonds. The van der Waals surface area contributed by atoms with Crippen LogP contribution in [0.3, 0.4) is 0 Å². The molecule has 0 heterocycles. The van der Waals surface area contributed by atoms with E-state index in [-0.39, 0.29) is 24.2 Å². The van der Waals surface area contributed by atoms with Gasteiger partial charge in [-0.3, -0.25) is 14.5 Å². The highest BCUT2D eigenvalue weighted by Gasteiger charge is 2.20. The van der Waals surface area contributed by atoms with Gasteiger partial charge in [-0.05, 0) is 66.8 Å². The first-order chi connectivity index (χ1) is 15.9. The summed E-state index contributed by atoms with van der Waals surface area (Å²) in [7, 11) is 0. The number of hydrogen-bond donors (Lipinski definition) is 5. The number of amides is 1. The van der Waals surface area contributed by atoms with Crippen molar-refractivity contribution in [3.05, 3.63) is 70.4 Å². The largest absolute Gasteiger partial charge is 0.400 e. The van der Waals surface area contributed by atoms with Gasteiger partial charge in [-0.25, -0.2) is 0 Å². The van der Waals surface area contributed by atoms with E-state index in [1.165, 1.54) is 6.21 Å². The second-order valence-corrected chi connectivity index (χ2v) is 9.43. The number of carbonyl (C=O) groups excluding carboxylic acids is 1. The van der Waals surface area contributed by atoms with Crippen LogP contribution in [-0.4, -0.2) is 30.8 Å². The third kappa shape index (κ3) is 8.08. The molecule has 2 aromatic carbocycles. The SMILES string of the molecule is NC(=O)C(C=N[C@H]1CCCCC1N)=C(N)CNc1ccc(SNCc2ccc(Cl)cc2)cc1. The highest BCUT2D eigenvalue weighted by atomic mass is 35.5. The van der Waals surface area contributed by atoms with Gasteiger partial charge in [0, 0.05) is 40.1 Å². The standard InChI is InChI=1S/C24H31ClN6OS/c25-17-7-5-16(6-8-17)13-31-33-19-11-9-18(10-12-19)29-15-22(27)20(24(28)32)14-30-23-4-2-1-3-21(23)26/h5-12,14,21,23,29,31H,1-4,13,15,26-27H2,(H2,28,32)/t21?,23-/m0/s1. The van der Waals surface area contributed by atoms with Crippen LogP contribution in [0.1, 0.15) is 31.2 Å². The molecule has 0 bridgehead atoms. The Morgan fingerprint density at radius 2 is 1.79 bits per heavy atom. The number of nitrogens with zero attached hydrogens (tertiary/aromatic N) is 1. The van der Waals surface area contributed by atoms with Crippen LogP contribution in [0.2, 0.25) is 5.02 Å².